The summed E-state index contributed by atoms with van der Waals surface area (Å²) in [6.07, 6.45) is 7.50. The Kier molecular flexibility index (Phi) is 9.68. The summed E-state index contributed by atoms with van der Waals surface area (Å²) in [5.74, 6) is 4.10. The SMILES string of the molecule is CC(C)Oc1ccc(C2=CC(C=c3c(=O)c(=Cc4cc(-c5ccc(OC(C)C)cc5)[o+]c(C(C)(C)C)c4)c3=O)C=C(C(C)(C)C)O2)cc1. The molecule has 48 heavy (non-hydrogen) atoms. The molecule has 6 heteroatoms. The van der Waals surface area contributed by atoms with Gasteiger partial charge in [-0.3, -0.25) is 9.59 Å². The van der Waals surface area contributed by atoms with Gasteiger partial charge in [0.1, 0.15) is 23.0 Å². The van der Waals surface area contributed by atoms with Crippen molar-refractivity contribution >= 4 is 17.9 Å². The van der Waals surface area contributed by atoms with Gasteiger partial charge in [0, 0.05) is 23.0 Å². The van der Waals surface area contributed by atoms with Gasteiger partial charge in [-0.1, -0.05) is 26.8 Å². The van der Waals surface area contributed by atoms with Crippen LogP contribution in [0.5, 0.6) is 11.5 Å². The molecule has 0 bridgehead atoms. The molecule has 2 heterocycles. The van der Waals surface area contributed by atoms with Crippen LogP contribution in [0.15, 0.2) is 92.6 Å². The molecule has 1 unspecified atom stereocenters. The lowest BCUT2D eigenvalue weighted by atomic mass is 9.88. The molecule has 0 saturated heterocycles. The first-order valence-electron chi connectivity index (χ1n) is 16.7. The van der Waals surface area contributed by atoms with Crippen LogP contribution in [0.25, 0.3) is 29.2 Å². The van der Waals surface area contributed by atoms with Gasteiger partial charge in [0.05, 0.1) is 39.7 Å². The highest BCUT2D eigenvalue weighted by molar-refractivity contribution is 5.66. The van der Waals surface area contributed by atoms with Crippen molar-refractivity contribution in [3.05, 3.63) is 126 Å². The van der Waals surface area contributed by atoms with Gasteiger partial charge >= 0.3 is 11.5 Å². The van der Waals surface area contributed by atoms with Gasteiger partial charge in [-0.05, 0) is 121 Å². The van der Waals surface area contributed by atoms with E-state index in [1.54, 1.807) is 12.2 Å². The topological polar surface area (TPSA) is 73.1 Å². The lowest BCUT2D eigenvalue weighted by molar-refractivity contribution is 0.242. The van der Waals surface area contributed by atoms with Crippen LogP contribution >= 0.6 is 0 Å². The number of allylic oxidation sites excluding steroid dienone is 3. The van der Waals surface area contributed by atoms with E-state index in [4.69, 9.17) is 18.6 Å². The molecule has 6 nitrogen and oxygen atoms in total. The average Bonchev–Trinajstić information content (AvgIpc) is 3.01. The van der Waals surface area contributed by atoms with Crippen LogP contribution in [0, 0.1) is 11.3 Å². The molecule has 5 rings (SSSR count). The predicted molar refractivity (Wildman–Crippen MR) is 194 cm³/mol. The van der Waals surface area contributed by atoms with Crippen LogP contribution in [0.3, 0.4) is 0 Å². The van der Waals surface area contributed by atoms with Crippen molar-refractivity contribution in [1.82, 2.24) is 0 Å². The van der Waals surface area contributed by atoms with Gasteiger partial charge < -0.3 is 14.2 Å². The molecule has 1 aliphatic heterocycles. The molecule has 0 aliphatic carbocycles. The molecule has 250 valence electrons. The molecule has 1 atom stereocenters. The number of hydrogen-bond donors (Lipinski definition) is 0. The third-order valence-corrected chi connectivity index (χ3v) is 7.87. The van der Waals surface area contributed by atoms with Gasteiger partial charge in [-0.25, -0.2) is 4.42 Å². The van der Waals surface area contributed by atoms with Gasteiger partial charge in [0.25, 0.3) is 0 Å². The minimum absolute atomic E-state index is 0.0721. The third-order valence-electron chi connectivity index (χ3n) is 7.87. The maximum absolute atomic E-state index is 13.5. The summed E-state index contributed by atoms with van der Waals surface area (Å²) in [5, 5.41) is 0.350. The smallest absolute Gasteiger partial charge is 0.360 e. The van der Waals surface area contributed by atoms with Crippen molar-refractivity contribution in [3.63, 3.8) is 0 Å². The summed E-state index contributed by atoms with van der Waals surface area (Å²) in [4.78, 5) is 27.0. The normalized spacial score (nSPS) is 15.2. The van der Waals surface area contributed by atoms with Crippen molar-refractivity contribution in [2.75, 3.05) is 0 Å². The van der Waals surface area contributed by atoms with E-state index in [2.05, 4.69) is 41.5 Å². The van der Waals surface area contributed by atoms with Crippen molar-refractivity contribution in [3.8, 4) is 22.8 Å². The Bertz CT molecular complexity index is 2010. The molecule has 1 aliphatic rings. The molecule has 0 fully saturated rings. The third kappa shape index (κ3) is 8.04. The zero-order valence-corrected chi connectivity index (χ0v) is 29.8. The summed E-state index contributed by atoms with van der Waals surface area (Å²) in [7, 11) is 0. The Morgan fingerprint density at radius 3 is 1.75 bits per heavy atom. The number of benzene rings is 2. The van der Waals surface area contributed by atoms with Crippen LogP contribution in [0.1, 0.15) is 86.1 Å². The molecule has 0 radical (unpaired) electrons. The summed E-state index contributed by atoms with van der Waals surface area (Å²) < 4.78 is 24.3. The molecule has 0 N–H and O–H groups in total. The Morgan fingerprint density at radius 1 is 0.708 bits per heavy atom. The maximum atomic E-state index is 13.5. The second kappa shape index (κ2) is 13.4. The minimum Gasteiger partial charge on any atom is -0.491 e. The second-order valence-corrected chi connectivity index (χ2v) is 15.0. The second-order valence-electron chi connectivity index (χ2n) is 15.0. The van der Waals surface area contributed by atoms with Gasteiger partial charge in [0.15, 0.2) is 0 Å². The quantitative estimate of drug-likeness (QED) is 0.181. The molecular formula is C42H47O6+. The highest BCUT2D eigenvalue weighted by Gasteiger charge is 2.30. The van der Waals surface area contributed by atoms with Crippen LogP contribution in [0.4, 0.5) is 0 Å². The van der Waals surface area contributed by atoms with E-state index < -0.39 is 0 Å². The number of hydrogen-bond acceptors (Lipinski definition) is 5. The fourth-order valence-electron chi connectivity index (χ4n) is 5.37. The molecule has 0 amide bonds. The molecular weight excluding hydrogens is 600 g/mol. The van der Waals surface area contributed by atoms with E-state index in [9.17, 15) is 9.59 Å². The molecule has 1 aromatic heterocycles. The lowest BCUT2D eigenvalue weighted by Gasteiger charge is -2.29. The Morgan fingerprint density at radius 2 is 1.25 bits per heavy atom. The lowest BCUT2D eigenvalue weighted by Crippen LogP contribution is -2.64. The zero-order valence-electron chi connectivity index (χ0n) is 29.8. The van der Waals surface area contributed by atoms with E-state index in [0.717, 1.165) is 39.7 Å². The van der Waals surface area contributed by atoms with Crippen LogP contribution in [-0.2, 0) is 10.2 Å². The fraction of sp³-hybridized carbons (Fsp3) is 0.357. The van der Waals surface area contributed by atoms with Gasteiger partial charge in [-0.2, -0.15) is 0 Å². The first kappa shape index (κ1) is 34.6. The van der Waals surface area contributed by atoms with E-state index >= 15 is 0 Å². The Hall–Kier alpha value is -4.71. The zero-order chi connectivity index (χ0) is 35.0. The number of rotatable bonds is 8. The van der Waals surface area contributed by atoms with Gasteiger partial charge in [-0.15, -0.1) is 0 Å². The van der Waals surface area contributed by atoms with Crippen molar-refractivity contribution < 1.29 is 18.6 Å². The average molecular weight is 648 g/mol. The summed E-state index contributed by atoms with van der Waals surface area (Å²) in [6.45, 7) is 20.4. The Labute approximate surface area is 283 Å². The van der Waals surface area contributed by atoms with Crippen LogP contribution in [0.2, 0.25) is 0 Å². The van der Waals surface area contributed by atoms with Crippen molar-refractivity contribution in [2.45, 2.75) is 86.9 Å². The van der Waals surface area contributed by atoms with Crippen LogP contribution in [-0.4, -0.2) is 12.2 Å². The van der Waals surface area contributed by atoms with Crippen LogP contribution < -0.4 is 30.8 Å². The molecule has 4 aromatic rings. The summed E-state index contributed by atoms with van der Waals surface area (Å²) in [6, 6.07) is 19.2. The summed E-state index contributed by atoms with van der Waals surface area (Å²) in [5.41, 5.74) is 1.38. The minimum atomic E-state index is -0.297. The van der Waals surface area contributed by atoms with Gasteiger partial charge in [0.2, 0.25) is 10.9 Å². The van der Waals surface area contributed by atoms with E-state index in [1.165, 1.54) is 0 Å². The Balaban J connectivity index is 1.52. The molecule has 3 aromatic carbocycles. The summed E-state index contributed by atoms with van der Waals surface area (Å²) >= 11 is 0. The number of ether oxygens (including phenoxy) is 3. The first-order chi connectivity index (χ1) is 22.5. The largest absolute Gasteiger partial charge is 0.491 e. The van der Waals surface area contributed by atoms with Crippen molar-refractivity contribution in [2.24, 2.45) is 11.3 Å². The standard InChI is InChI=1S/C42H47O6/c1-25(2)45-31-15-11-29(12-16-31)35-21-27(23-37(47-35)41(5,6)7)19-33-39(43)34(40(33)44)20-28-22-36(48-38(24-28)42(8,9)10)30-13-17-32(18-14-30)46-26(3)4/h11-27H,1-10H3/q+1. The van der Waals surface area contributed by atoms with E-state index in [0.29, 0.717) is 11.5 Å². The fourth-order valence-corrected chi connectivity index (χ4v) is 5.37. The highest BCUT2D eigenvalue weighted by atomic mass is 16.5. The predicted octanol–water partition coefficient (Wildman–Crippen LogP) is 7.92. The maximum Gasteiger partial charge on any atom is 0.360 e. The molecule has 0 saturated carbocycles. The van der Waals surface area contributed by atoms with Crippen molar-refractivity contribution in [1.29, 1.82) is 0 Å². The first-order valence-corrected chi connectivity index (χ1v) is 16.7. The van der Waals surface area contributed by atoms with E-state index in [-0.39, 0.29) is 50.3 Å². The highest BCUT2D eigenvalue weighted by Crippen LogP contribution is 2.37. The van der Waals surface area contributed by atoms with E-state index in [1.807, 2.05) is 101 Å². The monoisotopic (exact) mass is 647 g/mol. The molecule has 0 spiro atoms.